The number of benzene rings is 2. The number of carbonyl (C=O) groups is 4. The Labute approximate surface area is 206 Å². The number of carbonyl (C=O) groups excluding carboxylic acids is 4. The molecule has 0 bridgehead atoms. The third-order valence-electron chi connectivity index (χ3n) is 6.19. The minimum absolute atomic E-state index is 0.0223. The molecule has 1 heterocycles. The number of hydrazine groups is 1. The van der Waals surface area contributed by atoms with Crippen LogP contribution in [0.15, 0.2) is 54.6 Å². The average Bonchev–Trinajstić information content (AvgIpc) is 3.09. The lowest BCUT2D eigenvalue weighted by molar-refractivity contribution is -0.156. The summed E-state index contributed by atoms with van der Waals surface area (Å²) >= 11 is 12.3. The van der Waals surface area contributed by atoms with Gasteiger partial charge in [0.1, 0.15) is 11.8 Å². The number of fused-ring (bicyclic) bond motifs is 1. The van der Waals surface area contributed by atoms with Gasteiger partial charge >= 0.3 is 0 Å². The largest absolute Gasteiger partial charge is 0.497 e. The maximum Gasteiger partial charge on any atom is 0.275 e. The average molecular weight is 501 g/mol. The fourth-order valence-corrected chi connectivity index (χ4v) is 4.82. The Morgan fingerprint density at radius 1 is 1.00 bits per heavy atom. The third-order valence-corrected chi connectivity index (χ3v) is 6.74. The monoisotopic (exact) mass is 500 g/mol. The van der Waals surface area contributed by atoms with E-state index in [0.717, 1.165) is 10.0 Å². The highest BCUT2D eigenvalue weighted by Crippen LogP contribution is 2.37. The Morgan fingerprint density at radius 2 is 1.59 bits per heavy atom. The quantitative estimate of drug-likeness (QED) is 0.329. The summed E-state index contributed by atoms with van der Waals surface area (Å²) in [4.78, 5) is 53.7. The van der Waals surface area contributed by atoms with E-state index in [-0.39, 0.29) is 10.6 Å². The number of ether oxygens (including phenoxy) is 1. The Morgan fingerprint density at radius 3 is 2.12 bits per heavy atom. The normalized spacial score (nSPS) is 20.2. The van der Waals surface area contributed by atoms with E-state index in [1.807, 2.05) is 12.2 Å². The number of hydrogen-bond donors (Lipinski definition) is 0. The molecule has 1 fully saturated rings. The van der Waals surface area contributed by atoms with Gasteiger partial charge in [0.15, 0.2) is 5.78 Å². The van der Waals surface area contributed by atoms with Gasteiger partial charge in [0.25, 0.3) is 17.7 Å². The van der Waals surface area contributed by atoms with Crippen molar-refractivity contribution >= 4 is 46.7 Å². The topological polar surface area (TPSA) is 84.0 Å². The number of imide groups is 1. The van der Waals surface area contributed by atoms with Gasteiger partial charge in [0.05, 0.1) is 29.5 Å². The van der Waals surface area contributed by atoms with Crippen LogP contribution in [-0.4, -0.2) is 46.7 Å². The summed E-state index contributed by atoms with van der Waals surface area (Å²) in [5.74, 6) is -2.79. The van der Waals surface area contributed by atoms with Crippen molar-refractivity contribution in [3.05, 3.63) is 75.8 Å². The van der Waals surface area contributed by atoms with Gasteiger partial charge in [-0.15, -0.1) is 0 Å². The van der Waals surface area contributed by atoms with Crippen LogP contribution in [0.1, 0.15) is 40.5 Å². The molecule has 9 heteroatoms. The molecule has 1 saturated heterocycles. The second-order valence-electron chi connectivity index (χ2n) is 8.19. The molecule has 2 aromatic carbocycles. The van der Waals surface area contributed by atoms with Gasteiger partial charge in [0.2, 0.25) is 0 Å². The Kier molecular flexibility index (Phi) is 6.77. The Bertz CT molecular complexity index is 1170. The van der Waals surface area contributed by atoms with Crippen LogP contribution in [0.4, 0.5) is 0 Å². The highest BCUT2D eigenvalue weighted by atomic mass is 35.5. The molecule has 0 unspecified atom stereocenters. The highest BCUT2D eigenvalue weighted by molar-refractivity contribution is 6.36. The van der Waals surface area contributed by atoms with Crippen LogP contribution in [-0.2, 0) is 9.59 Å². The molecule has 0 saturated carbocycles. The smallest absolute Gasteiger partial charge is 0.275 e. The van der Waals surface area contributed by atoms with Crippen LogP contribution in [0.3, 0.4) is 0 Å². The summed E-state index contributed by atoms with van der Waals surface area (Å²) < 4.78 is 5.13. The van der Waals surface area contributed by atoms with Crippen molar-refractivity contribution in [2.75, 3.05) is 7.11 Å². The van der Waals surface area contributed by atoms with Gasteiger partial charge in [0, 0.05) is 10.6 Å². The molecule has 4 rings (SSSR count). The number of halogens is 2. The van der Waals surface area contributed by atoms with Crippen molar-refractivity contribution in [1.82, 2.24) is 10.0 Å². The number of rotatable bonds is 6. The summed E-state index contributed by atoms with van der Waals surface area (Å²) in [6.45, 7) is 1.48. The first kappa shape index (κ1) is 24.0. The standard InChI is InChI=1S/C25H22Cl2N2O5/c1-14(22(30)15-7-10-17(34-2)11-8-15)28(25(33)20-12-9-16(26)13-21(20)27)29-23(31)18-5-3-4-6-19(18)24(29)32/h3-4,7-14,18-19H,5-6H2,1-2H3/t14-,18-,19+/m0/s1. The Hall–Kier alpha value is -3.16. The van der Waals surface area contributed by atoms with Gasteiger partial charge in [-0.1, -0.05) is 35.4 Å². The van der Waals surface area contributed by atoms with Crippen LogP contribution >= 0.6 is 23.2 Å². The SMILES string of the molecule is COc1ccc(C(=O)[C@H](C)N(C(=O)c2ccc(Cl)cc2Cl)N2C(=O)[C@H]3CC=CC[C@H]3C2=O)cc1. The fraction of sp³-hybridized carbons (Fsp3) is 0.280. The molecule has 0 aromatic heterocycles. The molecule has 1 aliphatic carbocycles. The molecule has 2 aromatic rings. The molecule has 0 spiro atoms. The van der Waals surface area contributed by atoms with Crippen LogP contribution in [0.5, 0.6) is 5.75 Å². The minimum atomic E-state index is -1.17. The minimum Gasteiger partial charge on any atom is -0.497 e. The summed E-state index contributed by atoms with van der Waals surface area (Å²) in [6, 6.07) is 9.47. The molecule has 34 heavy (non-hydrogen) atoms. The second-order valence-corrected chi connectivity index (χ2v) is 9.03. The first-order valence-corrected chi connectivity index (χ1v) is 11.5. The predicted molar refractivity (Wildman–Crippen MR) is 127 cm³/mol. The van der Waals surface area contributed by atoms with Gasteiger partial charge in [-0.3, -0.25) is 19.2 Å². The number of nitrogens with zero attached hydrogens (tertiary/aromatic N) is 2. The molecule has 3 amide bonds. The molecule has 2 aliphatic rings. The maximum absolute atomic E-state index is 13.7. The highest BCUT2D eigenvalue weighted by Gasteiger charge is 2.52. The van der Waals surface area contributed by atoms with E-state index in [9.17, 15) is 19.2 Å². The molecular formula is C25H22Cl2N2O5. The van der Waals surface area contributed by atoms with E-state index in [2.05, 4.69) is 0 Å². The van der Waals surface area contributed by atoms with Crippen molar-refractivity contribution < 1.29 is 23.9 Å². The zero-order valence-corrected chi connectivity index (χ0v) is 20.0. The number of hydrogen-bond acceptors (Lipinski definition) is 5. The van der Waals surface area contributed by atoms with Gasteiger partial charge in [-0.2, -0.15) is 5.01 Å². The molecule has 7 nitrogen and oxygen atoms in total. The van der Waals surface area contributed by atoms with E-state index in [1.165, 1.54) is 32.2 Å². The van der Waals surface area contributed by atoms with Crippen LogP contribution < -0.4 is 4.74 Å². The molecule has 1 aliphatic heterocycles. The van der Waals surface area contributed by atoms with Crippen molar-refractivity contribution in [1.29, 1.82) is 0 Å². The van der Waals surface area contributed by atoms with Crippen LogP contribution in [0, 0.1) is 11.8 Å². The van der Waals surface area contributed by atoms with Crippen LogP contribution in [0.2, 0.25) is 10.0 Å². The zero-order chi connectivity index (χ0) is 24.6. The summed E-state index contributed by atoms with van der Waals surface area (Å²) in [5.41, 5.74) is 0.320. The fourth-order valence-electron chi connectivity index (χ4n) is 4.33. The van der Waals surface area contributed by atoms with E-state index in [1.54, 1.807) is 24.3 Å². The lowest BCUT2D eigenvalue weighted by Gasteiger charge is -2.35. The van der Waals surface area contributed by atoms with E-state index in [0.29, 0.717) is 29.2 Å². The Balaban J connectivity index is 1.76. The van der Waals surface area contributed by atoms with E-state index < -0.39 is 41.4 Å². The number of ketones is 1. The number of methoxy groups -OCH3 is 1. The zero-order valence-electron chi connectivity index (χ0n) is 18.5. The van der Waals surface area contributed by atoms with Gasteiger partial charge < -0.3 is 4.74 Å². The van der Waals surface area contributed by atoms with Crippen molar-refractivity contribution in [2.24, 2.45) is 11.8 Å². The van der Waals surface area contributed by atoms with E-state index >= 15 is 0 Å². The predicted octanol–water partition coefficient (Wildman–Crippen LogP) is 4.58. The maximum atomic E-state index is 13.7. The van der Waals surface area contributed by atoms with Crippen molar-refractivity contribution in [3.8, 4) is 5.75 Å². The second kappa shape index (κ2) is 9.60. The van der Waals surface area contributed by atoms with E-state index in [4.69, 9.17) is 27.9 Å². The first-order valence-electron chi connectivity index (χ1n) is 10.7. The van der Waals surface area contributed by atoms with Crippen molar-refractivity contribution in [3.63, 3.8) is 0 Å². The summed E-state index contributed by atoms with van der Waals surface area (Å²) in [6.07, 6.45) is 4.50. The molecule has 176 valence electrons. The van der Waals surface area contributed by atoms with Crippen LogP contribution in [0.25, 0.3) is 0 Å². The molecule has 0 N–H and O–H groups in total. The lowest BCUT2D eigenvalue weighted by atomic mass is 9.85. The summed E-state index contributed by atoms with van der Waals surface area (Å²) in [7, 11) is 1.51. The van der Waals surface area contributed by atoms with Gasteiger partial charge in [-0.05, 0) is 62.2 Å². The number of amides is 3. The number of allylic oxidation sites excluding steroid dienone is 2. The molecule has 0 radical (unpaired) electrons. The number of Topliss-reactive ketones (excluding diaryl/α,β-unsaturated/α-hetero) is 1. The third kappa shape index (κ3) is 4.21. The first-order chi connectivity index (χ1) is 16.2. The molecule has 3 atom stereocenters. The lowest BCUT2D eigenvalue weighted by Crippen LogP contribution is -2.56. The van der Waals surface area contributed by atoms with Crippen molar-refractivity contribution in [2.45, 2.75) is 25.8 Å². The summed E-state index contributed by atoms with van der Waals surface area (Å²) in [5, 5.41) is 2.14. The van der Waals surface area contributed by atoms with Gasteiger partial charge in [-0.25, -0.2) is 5.01 Å². The molecular weight excluding hydrogens is 479 g/mol.